The average molecular weight is 446 g/mol. The molecule has 0 aliphatic carbocycles. The number of unbranched alkanes of at least 4 members (excludes halogenated alkanes) is 1. The normalized spacial score (nSPS) is 15.4. The van der Waals surface area contributed by atoms with Crippen molar-refractivity contribution in [2.24, 2.45) is 0 Å². The summed E-state index contributed by atoms with van der Waals surface area (Å²) in [6.45, 7) is 5.24. The van der Waals surface area contributed by atoms with Crippen molar-refractivity contribution in [3.8, 4) is 5.75 Å². The lowest BCUT2D eigenvalue weighted by molar-refractivity contribution is 0.0910. The number of amides is 1. The quantitative estimate of drug-likeness (QED) is 0.617. The van der Waals surface area contributed by atoms with Crippen LogP contribution in [0.4, 0.5) is 5.69 Å². The average Bonchev–Trinajstić information content (AvgIpc) is 2.79. The lowest BCUT2D eigenvalue weighted by atomic mass is 10.0. The predicted molar refractivity (Wildman–Crippen MR) is 122 cm³/mol. The second-order valence-corrected chi connectivity index (χ2v) is 9.46. The number of nitrogens with one attached hydrogen (secondary N) is 2. The summed E-state index contributed by atoms with van der Waals surface area (Å²) in [4.78, 5) is 15.2. The number of hydrogen-bond acceptors (Lipinski definition) is 5. The largest absolute Gasteiger partial charge is 0.495 e. The molecule has 2 N–H and O–H groups in total. The van der Waals surface area contributed by atoms with E-state index in [1.807, 2.05) is 0 Å². The molecule has 1 aliphatic heterocycles. The van der Waals surface area contributed by atoms with Crippen molar-refractivity contribution in [1.82, 2.24) is 10.2 Å². The molecule has 1 aliphatic rings. The molecular formula is C23H31N3O4S. The Morgan fingerprint density at radius 1 is 1.13 bits per heavy atom. The number of hydrogen-bond donors (Lipinski definition) is 2. The van der Waals surface area contributed by atoms with Gasteiger partial charge < -0.3 is 15.0 Å². The summed E-state index contributed by atoms with van der Waals surface area (Å²) in [5, 5.41) is 3.06. The van der Waals surface area contributed by atoms with E-state index in [0.717, 1.165) is 32.5 Å². The van der Waals surface area contributed by atoms with Crippen molar-refractivity contribution in [3.63, 3.8) is 0 Å². The van der Waals surface area contributed by atoms with Gasteiger partial charge in [0.05, 0.1) is 17.7 Å². The highest BCUT2D eigenvalue weighted by atomic mass is 32.2. The molecule has 1 heterocycles. The predicted octanol–water partition coefficient (Wildman–Crippen LogP) is 3.49. The van der Waals surface area contributed by atoms with Gasteiger partial charge in [0.25, 0.3) is 15.9 Å². The SMILES string of the molecule is CCCCN1CCC(NC(=O)c2cccc(S(=O)(=O)Nc3ccccc3OC)c2)CC1. The minimum atomic E-state index is -3.87. The van der Waals surface area contributed by atoms with Crippen molar-refractivity contribution in [3.05, 3.63) is 54.1 Å². The van der Waals surface area contributed by atoms with Gasteiger partial charge in [0.2, 0.25) is 0 Å². The van der Waals surface area contributed by atoms with Gasteiger partial charge in [-0.15, -0.1) is 0 Å². The summed E-state index contributed by atoms with van der Waals surface area (Å²) in [6, 6.07) is 13.0. The molecule has 7 nitrogen and oxygen atoms in total. The van der Waals surface area contributed by atoms with E-state index in [1.165, 1.54) is 32.1 Å². The molecule has 0 atom stereocenters. The van der Waals surface area contributed by atoms with Crippen LogP contribution in [0.5, 0.6) is 5.75 Å². The number of piperidine rings is 1. The number of carbonyl (C=O) groups excluding carboxylic acids is 1. The first-order chi connectivity index (χ1) is 14.9. The maximum absolute atomic E-state index is 12.9. The van der Waals surface area contributed by atoms with Crippen molar-refractivity contribution in [2.45, 2.75) is 43.5 Å². The Bertz CT molecular complexity index is 986. The third kappa shape index (κ3) is 6.21. The first kappa shape index (κ1) is 23.1. The fourth-order valence-electron chi connectivity index (χ4n) is 3.69. The number of ether oxygens (including phenoxy) is 1. The molecular weight excluding hydrogens is 414 g/mol. The number of carbonyl (C=O) groups is 1. The van der Waals surface area contributed by atoms with E-state index in [9.17, 15) is 13.2 Å². The third-order valence-electron chi connectivity index (χ3n) is 5.51. The molecule has 1 amide bonds. The molecule has 31 heavy (non-hydrogen) atoms. The maximum Gasteiger partial charge on any atom is 0.262 e. The number of nitrogens with zero attached hydrogens (tertiary/aromatic N) is 1. The molecule has 0 spiro atoms. The van der Waals surface area contributed by atoms with Crippen LogP contribution >= 0.6 is 0 Å². The Hall–Kier alpha value is -2.58. The lowest BCUT2D eigenvalue weighted by Crippen LogP contribution is -2.44. The molecule has 0 bridgehead atoms. The van der Waals surface area contributed by atoms with Gasteiger partial charge >= 0.3 is 0 Å². The van der Waals surface area contributed by atoms with E-state index in [-0.39, 0.29) is 16.8 Å². The summed E-state index contributed by atoms with van der Waals surface area (Å²) < 4.78 is 33.4. The first-order valence-electron chi connectivity index (χ1n) is 10.7. The zero-order valence-electron chi connectivity index (χ0n) is 18.1. The zero-order valence-corrected chi connectivity index (χ0v) is 19.0. The smallest absolute Gasteiger partial charge is 0.262 e. The number of methoxy groups -OCH3 is 1. The maximum atomic E-state index is 12.9. The standard InChI is InChI=1S/C23H31N3O4S/c1-3-4-14-26-15-12-19(13-16-26)24-23(27)18-8-7-9-20(17-18)31(28,29)25-21-10-5-6-11-22(21)30-2/h5-11,17,19,25H,3-4,12-16H2,1-2H3,(H,24,27). The fourth-order valence-corrected chi connectivity index (χ4v) is 4.80. The number of benzene rings is 2. The highest BCUT2D eigenvalue weighted by Crippen LogP contribution is 2.26. The number of likely N-dealkylation sites (tertiary alicyclic amines) is 1. The van der Waals surface area contributed by atoms with Crippen LogP contribution < -0.4 is 14.8 Å². The van der Waals surface area contributed by atoms with Crippen molar-refractivity contribution < 1.29 is 17.9 Å². The van der Waals surface area contributed by atoms with Crippen LogP contribution in [0.15, 0.2) is 53.4 Å². The van der Waals surface area contributed by atoms with Gasteiger partial charge in [-0.3, -0.25) is 9.52 Å². The molecule has 8 heteroatoms. The van der Waals surface area contributed by atoms with E-state index in [0.29, 0.717) is 17.0 Å². The van der Waals surface area contributed by atoms with Crippen LogP contribution in [0, 0.1) is 0 Å². The van der Waals surface area contributed by atoms with Crippen LogP contribution in [0.25, 0.3) is 0 Å². The number of anilines is 1. The number of rotatable bonds is 9. The summed E-state index contributed by atoms with van der Waals surface area (Å²) in [7, 11) is -2.39. The van der Waals surface area contributed by atoms with Crippen LogP contribution in [0.3, 0.4) is 0 Å². The van der Waals surface area contributed by atoms with Crippen molar-refractivity contribution >= 4 is 21.6 Å². The lowest BCUT2D eigenvalue weighted by Gasteiger charge is -2.32. The molecule has 3 rings (SSSR count). The summed E-state index contributed by atoms with van der Waals surface area (Å²) >= 11 is 0. The highest BCUT2D eigenvalue weighted by Gasteiger charge is 2.22. The van der Waals surface area contributed by atoms with E-state index >= 15 is 0 Å². The Morgan fingerprint density at radius 2 is 1.87 bits per heavy atom. The van der Waals surface area contributed by atoms with Gasteiger partial charge in [-0.25, -0.2) is 8.42 Å². The number of sulfonamides is 1. The second-order valence-electron chi connectivity index (χ2n) is 7.78. The van der Waals surface area contributed by atoms with Gasteiger partial charge in [0.1, 0.15) is 5.75 Å². The molecule has 0 radical (unpaired) electrons. The Morgan fingerprint density at radius 3 is 2.58 bits per heavy atom. The molecule has 2 aromatic rings. The molecule has 2 aromatic carbocycles. The van der Waals surface area contributed by atoms with E-state index in [1.54, 1.807) is 36.4 Å². The molecule has 1 fully saturated rings. The van der Waals surface area contributed by atoms with E-state index in [2.05, 4.69) is 21.9 Å². The molecule has 168 valence electrons. The Labute approximate surface area is 184 Å². The van der Waals surface area contributed by atoms with Gasteiger partial charge in [0.15, 0.2) is 0 Å². The first-order valence-corrected chi connectivity index (χ1v) is 12.2. The van der Waals surface area contributed by atoms with Crippen molar-refractivity contribution in [1.29, 1.82) is 0 Å². The van der Waals surface area contributed by atoms with Crippen LogP contribution in [0.2, 0.25) is 0 Å². The fraction of sp³-hybridized carbons (Fsp3) is 0.435. The molecule has 0 saturated carbocycles. The molecule has 1 saturated heterocycles. The molecule has 0 unspecified atom stereocenters. The van der Waals surface area contributed by atoms with Crippen molar-refractivity contribution in [2.75, 3.05) is 31.5 Å². The van der Waals surface area contributed by atoms with E-state index < -0.39 is 10.0 Å². The van der Waals surface area contributed by atoms with Gasteiger partial charge in [-0.2, -0.15) is 0 Å². The summed E-state index contributed by atoms with van der Waals surface area (Å²) in [5.74, 6) is 0.173. The third-order valence-corrected chi connectivity index (χ3v) is 6.87. The van der Waals surface area contributed by atoms with Crippen LogP contribution in [-0.4, -0.2) is 52.0 Å². The number of para-hydroxylation sites is 2. The van der Waals surface area contributed by atoms with Crippen LogP contribution in [-0.2, 0) is 10.0 Å². The van der Waals surface area contributed by atoms with Gasteiger partial charge in [-0.05, 0) is 56.1 Å². The topological polar surface area (TPSA) is 87.7 Å². The zero-order chi connectivity index (χ0) is 22.3. The minimum Gasteiger partial charge on any atom is -0.495 e. The summed E-state index contributed by atoms with van der Waals surface area (Å²) in [5.41, 5.74) is 0.672. The summed E-state index contributed by atoms with van der Waals surface area (Å²) in [6.07, 6.45) is 4.19. The monoisotopic (exact) mass is 445 g/mol. The van der Waals surface area contributed by atoms with Crippen LogP contribution in [0.1, 0.15) is 43.0 Å². The molecule has 0 aromatic heterocycles. The Balaban J connectivity index is 1.65. The van der Waals surface area contributed by atoms with Gasteiger partial charge in [0, 0.05) is 24.7 Å². The minimum absolute atomic E-state index is 0.0282. The second kappa shape index (κ2) is 10.6. The van der Waals surface area contributed by atoms with Gasteiger partial charge in [-0.1, -0.05) is 31.5 Å². The van der Waals surface area contributed by atoms with E-state index in [4.69, 9.17) is 4.74 Å². The Kier molecular flexibility index (Phi) is 7.92. The highest BCUT2D eigenvalue weighted by molar-refractivity contribution is 7.92.